The van der Waals surface area contributed by atoms with Crippen molar-refractivity contribution in [2.24, 2.45) is 11.7 Å². The molecule has 1 saturated heterocycles. The lowest BCUT2D eigenvalue weighted by atomic mass is 9.92. The van der Waals surface area contributed by atoms with Crippen LogP contribution in [0.15, 0.2) is 24.3 Å². The number of piperidine rings is 1. The molecule has 0 aliphatic carbocycles. The molecule has 0 spiro atoms. The van der Waals surface area contributed by atoms with Crippen molar-refractivity contribution < 1.29 is 9.47 Å². The fourth-order valence-electron chi connectivity index (χ4n) is 2.79. The van der Waals surface area contributed by atoms with Crippen molar-refractivity contribution in [3.05, 3.63) is 24.3 Å². The molecule has 2 atom stereocenters. The summed E-state index contributed by atoms with van der Waals surface area (Å²) in [6, 6.07) is 8.23. The van der Waals surface area contributed by atoms with E-state index in [2.05, 4.69) is 11.8 Å². The van der Waals surface area contributed by atoms with E-state index in [1.54, 1.807) is 7.11 Å². The number of hydrogen-bond donors (Lipinski definition) is 1. The topological polar surface area (TPSA) is 47.7 Å². The van der Waals surface area contributed by atoms with Crippen LogP contribution >= 0.6 is 0 Å². The van der Waals surface area contributed by atoms with E-state index in [0.717, 1.165) is 37.1 Å². The highest BCUT2D eigenvalue weighted by molar-refractivity contribution is 5.31. The van der Waals surface area contributed by atoms with Gasteiger partial charge in [0.05, 0.1) is 7.11 Å². The lowest BCUT2D eigenvalue weighted by molar-refractivity contribution is 0.103. The van der Waals surface area contributed by atoms with E-state index in [-0.39, 0.29) is 0 Å². The van der Waals surface area contributed by atoms with Crippen LogP contribution in [0.5, 0.6) is 11.5 Å². The van der Waals surface area contributed by atoms with Crippen LogP contribution in [0.25, 0.3) is 0 Å². The summed E-state index contributed by atoms with van der Waals surface area (Å²) in [6.45, 7) is 5.84. The van der Waals surface area contributed by atoms with Gasteiger partial charge in [-0.2, -0.15) is 0 Å². The Hall–Kier alpha value is -1.26. The van der Waals surface area contributed by atoms with Gasteiger partial charge in [0.25, 0.3) is 0 Å². The second-order valence-electron chi connectivity index (χ2n) is 5.58. The molecule has 1 fully saturated rings. The van der Waals surface area contributed by atoms with E-state index in [0.29, 0.717) is 12.6 Å². The minimum atomic E-state index is 0.512. The van der Waals surface area contributed by atoms with Crippen LogP contribution in [0.4, 0.5) is 0 Å². The number of rotatable bonds is 6. The zero-order chi connectivity index (χ0) is 14.4. The molecule has 1 aromatic carbocycles. The molecule has 112 valence electrons. The molecular formula is C16H26N2O2. The molecule has 4 nitrogen and oxygen atoms in total. The Morgan fingerprint density at radius 2 is 1.95 bits per heavy atom. The van der Waals surface area contributed by atoms with Crippen molar-refractivity contribution >= 4 is 0 Å². The third-order valence-electron chi connectivity index (χ3n) is 4.08. The van der Waals surface area contributed by atoms with Crippen LogP contribution in [0.3, 0.4) is 0 Å². The highest BCUT2D eigenvalue weighted by Crippen LogP contribution is 2.22. The van der Waals surface area contributed by atoms with Crippen LogP contribution < -0.4 is 15.2 Å². The molecule has 0 aromatic heterocycles. The summed E-state index contributed by atoms with van der Waals surface area (Å²) in [7, 11) is 1.67. The number of likely N-dealkylation sites (tertiary alicyclic amines) is 1. The second-order valence-corrected chi connectivity index (χ2v) is 5.58. The number of nitrogens with zero attached hydrogens (tertiary/aromatic N) is 1. The van der Waals surface area contributed by atoms with E-state index in [9.17, 15) is 0 Å². The highest BCUT2D eigenvalue weighted by Gasteiger charge is 2.24. The Balaban J connectivity index is 1.76. The predicted octanol–water partition coefficient (Wildman–Crippen LogP) is 2.13. The Morgan fingerprint density at radius 1 is 1.25 bits per heavy atom. The average molecular weight is 278 g/mol. The average Bonchev–Trinajstić information content (AvgIpc) is 2.49. The van der Waals surface area contributed by atoms with Gasteiger partial charge in [-0.15, -0.1) is 0 Å². The van der Waals surface area contributed by atoms with Gasteiger partial charge in [-0.25, -0.2) is 0 Å². The maximum Gasteiger partial charge on any atom is 0.119 e. The van der Waals surface area contributed by atoms with Gasteiger partial charge in [0.1, 0.15) is 18.1 Å². The number of nitrogens with two attached hydrogens (primary N) is 1. The molecule has 0 saturated carbocycles. The van der Waals surface area contributed by atoms with E-state index >= 15 is 0 Å². The Kier molecular flexibility index (Phi) is 5.68. The Bertz CT molecular complexity index is 394. The van der Waals surface area contributed by atoms with Crippen molar-refractivity contribution in [3.63, 3.8) is 0 Å². The van der Waals surface area contributed by atoms with E-state index in [1.165, 1.54) is 12.8 Å². The fourth-order valence-corrected chi connectivity index (χ4v) is 2.79. The number of ether oxygens (including phenoxy) is 2. The van der Waals surface area contributed by atoms with Crippen molar-refractivity contribution in [1.82, 2.24) is 4.90 Å². The molecule has 2 unspecified atom stereocenters. The normalized spacial score (nSPS) is 23.6. The van der Waals surface area contributed by atoms with Gasteiger partial charge < -0.3 is 15.2 Å². The van der Waals surface area contributed by atoms with E-state index < -0.39 is 0 Å². The first-order chi connectivity index (χ1) is 9.72. The van der Waals surface area contributed by atoms with Crippen molar-refractivity contribution in [1.29, 1.82) is 0 Å². The first-order valence-corrected chi connectivity index (χ1v) is 7.44. The summed E-state index contributed by atoms with van der Waals surface area (Å²) in [5.74, 6) is 2.54. The van der Waals surface area contributed by atoms with Crippen LogP contribution in [0, 0.1) is 5.92 Å². The van der Waals surface area contributed by atoms with Gasteiger partial charge >= 0.3 is 0 Å². The largest absolute Gasteiger partial charge is 0.497 e. The van der Waals surface area contributed by atoms with Crippen LogP contribution in [0.2, 0.25) is 0 Å². The molecular weight excluding hydrogens is 252 g/mol. The van der Waals surface area contributed by atoms with E-state index in [4.69, 9.17) is 15.2 Å². The summed E-state index contributed by atoms with van der Waals surface area (Å²) in [5, 5.41) is 0. The fraction of sp³-hybridized carbons (Fsp3) is 0.625. The summed E-state index contributed by atoms with van der Waals surface area (Å²) in [6.07, 6.45) is 2.47. The molecule has 0 radical (unpaired) electrons. The quantitative estimate of drug-likeness (QED) is 0.866. The van der Waals surface area contributed by atoms with Gasteiger partial charge in [-0.05, 0) is 49.6 Å². The molecule has 0 amide bonds. The highest BCUT2D eigenvalue weighted by atomic mass is 16.5. The summed E-state index contributed by atoms with van der Waals surface area (Å²) < 4.78 is 10.9. The number of methoxy groups -OCH3 is 1. The molecule has 4 heteroatoms. The van der Waals surface area contributed by atoms with Gasteiger partial charge in [0.15, 0.2) is 0 Å². The van der Waals surface area contributed by atoms with Crippen molar-refractivity contribution in [3.8, 4) is 11.5 Å². The van der Waals surface area contributed by atoms with Crippen molar-refractivity contribution in [2.75, 3.05) is 33.4 Å². The zero-order valence-electron chi connectivity index (χ0n) is 12.5. The SMILES string of the molecule is COc1ccc(OCCN2CCC(C)CC2CN)cc1. The molecule has 1 aliphatic heterocycles. The lowest BCUT2D eigenvalue weighted by Crippen LogP contribution is -2.47. The molecule has 1 aromatic rings. The monoisotopic (exact) mass is 278 g/mol. The van der Waals surface area contributed by atoms with Gasteiger partial charge in [0.2, 0.25) is 0 Å². The van der Waals surface area contributed by atoms with Crippen molar-refractivity contribution in [2.45, 2.75) is 25.8 Å². The lowest BCUT2D eigenvalue weighted by Gasteiger charge is -2.37. The molecule has 1 aliphatic rings. The van der Waals surface area contributed by atoms with Crippen LogP contribution in [0.1, 0.15) is 19.8 Å². The Labute approximate surface area is 121 Å². The number of benzene rings is 1. The summed E-state index contributed by atoms with van der Waals surface area (Å²) in [4.78, 5) is 2.46. The number of hydrogen-bond acceptors (Lipinski definition) is 4. The van der Waals surface area contributed by atoms with Gasteiger partial charge in [0, 0.05) is 19.1 Å². The maximum absolute atomic E-state index is 5.87. The Morgan fingerprint density at radius 3 is 2.60 bits per heavy atom. The van der Waals surface area contributed by atoms with Crippen LogP contribution in [-0.2, 0) is 0 Å². The minimum absolute atomic E-state index is 0.512. The molecule has 0 bridgehead atoms. The van der Waals surface area contributed by atoms with Crippen LogP contribution in [-0.4, -0.2) is 44.3 Å². The zero-order valence-corrected chi connectivity index (χ0v) is 12.5. The first-order valence-electron chi connectivity index (χ1n) is 7.44. The maximum atomic E-state index is 5.87. The van der Waals surface area contributed by atoms with Gasteiger partial charge in [-0.1, -0.05) is 6.92 Å². The summed E-state index contributed by atoms with van der Waals surface area (Å²) in [5.41, 5.74) is 5.87. The smallest absolute Gasteiger partial charge is 0.119 e. The van der Waals surface area contributed by atoms with E-state index in [1.807, 2.05) is 24.3 Å². The third-order valence-corrected chi connectivity index (χ3v) is 4.08. The first kappa shape index (κ1) is 15.1. The third kappa shape index (κ3) is 4.12. The minimum Gasteiger partial charge on any atom is -0.497 e. The molecule has 2 rings (SSSR count). The van der Waals surface area contributed by atoms with Gasteiger partial charge in [-0.3, -0.25) is 4.90 Å². The standard InChI is InChI=1S/C16H26N2O2/c1-13-7-8-18(14(11-13)12-17)9-10-20-16-5-3-15(19-2)4-6-16/h3-6,13-14H,7-12,17H2,1-2H3. The predicted molar refractivity (Wildman–Crippen MR) is 81.3 cm³/mol. The molecule has 20 heavy (non-hydrogen) atoms. The summed E-state index contributed by atoms with van der Waals surface area (Å²) >= 11 is 0. The molecule has 2 N–H and O–H groups in total. The molecule has 1 heterocycles. The second kappa shape index (κ2) is 7.50.